The number of aliphatic hydroxyl groups excluding tert-OH is 3. The number of hydrogen-bond donors (Lipinski definition) is 23. The third-order valence-corrected chi connectivity index (χ3v) is 11.1. The largest absolute Gasteiger partial charge is 0.480 e. The molecule has 0 aliphatic rings. The molecule has 0 saturated heterocycles. The number of nitrogens with zero attached hydrogens (tertiary/aromatic N) is 1. The number of hydrogen-bond acceptors (Lipinski definition) is 23. The highest BCUT2D eigenvalue weighted by atomic mass is 16.4. The predicted molar refractivity (Wildman–Crippen MR) is 295 cm³/mol. The van der Waals surface area contributed by atoms with Gasteiger partial charge in [0.15, 0.2) is 0 Å². The Kier molecular flexibility index (Phi) is 35.7. The molecule has 0 spiro atoms. The molecule has 0 fully saturated rings. The van der Waals surface area contributed by atoms with Crippen LogP contribution >= 0.6 is 0 Å². The lowest BCUT2D eigenvalue weighted by molar-refractivity contribution is -0.142. The normalized spacial score (nSPS) is 12.5. The summed E-state index contributed by atoms with van der Waals surface area (Å²) in [6.45, 7) is -7.49. The fraction of sp³-hybridized carbons (Fsp3) is 0.553. The van der Waals surface area contributed by atoms with E-state index in [0.29, 0.717) is 5.69 Å². The Labute approximate surface area is 503 Å². The Bertz CT molecular complexity index is 2690. The van der Waals surface area contributed by atoms with Crippen LogP contribution in [-0.4, -0.2) is 265 Å². The molecule has 1 rings (SSSR count). The smallest absolute Gasteiger partial charge is 0.326 e. The van der Waals surface area contributed by atoms with Crippen molar-refractivity contribution < 1.29 is 107 Å². The number of carbonyl (C=O) groups is 18. The van der Waals surface area contributed by atoms with Crippen molar-refractivity contribution in [2.75, 3.05) is 91.8 Å². The maximum Gasteiger partial charge on any atom is 0.326 e. The molecule has 1 aromatic heterocycles. The molecule has 0 radical (unpaired) electrons. The molecule has 25 N–H and O–H groups in total. The second-order valence-corrected chi connectivity index (χ2v) is 18.8. The van der Waals surface area contributed by atoms with Crippen LogP contribution in [0, 0.1) is 5.92 Å². The van der Waals surface area contributed by atoms with Gasteiger partial charge in [-0.1, -0.05) is 13.8 Å². The molecule has 1 aromatic rings. The summed E-state index contributed by atoms with van der Waals surface area (Å²) in [6, 6.07) is -9.20. The van der Waals surface area contributed by atoms with Crippen molar-refractivity contribution >= 4 is 106 Å². The van der Waals surface area contributed by atoms with Crippen LogP contribution in [-0.2, 0) is 92.7 Å². The zero-order chi connectivity index (χ0) is 67.2. The van der Waals surface area contributed by atoms with Gasteiger partial charge in [-0.15, -0.1) is 0 Å². The summed E-state index contributed by atoms with van der Waals surface area (Å²) in [4.78, 5) is 228. The lowest BCUT2D eigenvalue weighted by Gasteiger charge is -2.23. The lowest BCUT2D eigenvalue weighted by Crippen LogP contribution is -2.55. The summed E-state index contributed by atoms with van der Waals surface area (Å²) in [5.74, 6) is -18.1. The van der Waals surface area contributed by atoms with Crippen molar-refractivity contribution in [3.8, 4) is 0 Å². The van der Waals surface area contributed by atoms with E-state index in [1.54, 1.807) is 13.8 Å². The van der Waals surface area contributed by atoms with Crippen molar-refractivity contribution in [1.82, 2.24) is 95.0 Å². The molecule has 17 amide bonds. The minimum atomic E-state index is -1.69. The standard InChI is InChI=1S/C47H74N20O22/c1-22(2)3-24(46(87)67-26(47(88)89)4-23-7-50-21-61-23)62-41(82)17-60-42(83)25(5-30(49)71)63-37(78)14-56-36(77)12-59-45(86)29(20-70)66-40(81)16-55-33(74)9-53-35(76)11-58-44(85)28(19-69)65-39(80)15-54-32(73)8-52-34(75)10-57-43(84)27(18-68)64-38(79)13-51-31(72)6-48/h7,21-22,24-29,68-70H,3-6,8-20,48H2,1-2H3,(H2,49,71)(H,50,61)(H,51,72)(H,52,75)(H,53,76)(H,54,73)(H,55,74)(H,56,77)(H,57,84)(H,58,85)(H,59,86)(H,60,83)(H,62,82)(H,63,78)(H,64,79)(H,65,80)(H,66,81)(H,67,87)(H,88,89)/t24-,25-,26-,27-,28-,29-/m0/s1. The van der Waals surface area contributed by atoms with Crippen LogP contribution in [0.5, 0.6) is 0 Å². The first-order valence-corrected chi connectivity index (χ1v) is 26.5. The number of carboxylic acid groups (broad SMARTS) is 1. The summed E-state index contributed by atoms with van der Waals surface area (Å²) >= 11 is 0. The number of aromatic amines is 1. The maximum absolute atomic E-state index is 13.1. The molecule has 89 heavy (non-hydrogen) atoms. The highest BCUT2D eigenvalue weighted by molar-refractivity contribution is 5.98. The second kappa shape index (κ2) is 41.5. The van der Waals surface area contributed by atoms with Gasteiger partial charge in [-0.25, -0.2) is 9.78 Å². The third kappa shape index (κ3) is 33.7. The summed E-state index contributed by atoms with van der Waals surface area (Å²) in [5.41, 5.74) is 10.7. The molecule has 494 valence electrons. The van der Waals surface area contributed by atoms with Crippen LogP contribution in [0.1, 0.15) is 32.4 Å². The van der Waals surface area contributed by atoms with E-state index in [1.807, 2.05) is 0 Å². The molecule has 0 unspecified atom stereocenters. The molecule has 42 heteroatoms. The SMILES string of the molecule is CC(C)C[C@H](NC(=O)CNC(=O)[C@H](CC(N)=O)NC(=O)CNC(=O)CNC(=O)[C@H](CO)NC(=O)CNC(=O)CNC(=O)CNC(=O)[C@H](CO)NC(=O)CNC(=O)CNC(=O)CNC(=O)[C@H](CO)NC(=O)CNC(=O)CN)C(=O)N[C@@H](Cc1c[nH]cn1)C(=O)O. The van der Waals surface area contributed by atoms with Crippen LogP contribution in [0.15, 0.2) is 12.5 Å². The fourth-order valence-corrected chi connectivity index (χ4v) is 6.63. The first kappa shape index (κ1) is 76.5. The number of aromatic nitrogens is 2. The second-order valence-electron chi connectivity index (χ2n) is 18.8. The molecule has 0 bridgehead atoms. The molecule has 0 aromatic carbocycles. The van der Waals surface area contributed by atoms with Crippen molar-refractivity contribution in [2.45, 2.75) is 69.4 Å². The number of carbonyl (C=O) groups excluding carboxylic acids is 17. The number of rotatable bonds is 42. The number of nitrogens with one attached hydrogen (secondary N) is 17. The number of primary amides is 1. The van der Waals surface area contributed by atoms with Gasteiger partial charge in [0, 0.05) is 12.6 Å². The van der Waals surface area contributed by atoms with Crippen molar-refractivity contribution in [1.29, 1.82) is 0 Å². The Morgan fingerprint density at radius 1 is 0.416 bits per heavy atom. The van der Waals surface area contributed by atoms with E-state index in [1.165, 1.54) is 12.5 Å². The summed E-state index contributed by atoms with van der Waals surface area (Å²) in [6.07, 6.45) is 1.84. The van der Waals surface area contributed by atoms with Gasteiger partial charge in [0.2, 0.25) is 100 Å². The topological polar surface area (TPSA) is 661 Å². The number of nitrogens with two attached hydrogens (primary N) is 2. The zero-order valence-corrected chi connectivity index (χ0v) is 48.0. The number of aliphatic carboxylic acids is 1. The van der Waals surface area contributed by atoms with Gasteiger partial charge in [0.25, 0.3) is 0 Å². The average molecular weight is 1270 g/mol. The molecular weight excluding hydrogens is 1200 g/mol. The number of amides is 17. The highest BCUT2D eigenvalue weighted by Crippen LogP contribution is 2.07. The Morgan fingerprint density at radius 3 is 1.02 bits per heavy atom. The van der Waals surface area contributed by atoms with Crippen LogP contribution < -0.4 is 96.5 Å². The fourth-order valence-electron chi connectivity index (χ4n) is 6.63. The van der Waals surface area contributed by atoms with E-state index in [4.69, 9.17) is 11.5 Å². The molecule has 0 aliphatic carbocycles. The predicted octanol–water partition coefficient (Wildman–Crippen LogP) is -16.0. The average Bonchev–Trinajstić information content (AvgIpc) is 4.12. The maximum atomic E-state index is 13.1. The van der Waals surface area contributed by atoms with Gasteiger partial charge >= 0.3 is 5.97 Å². The van der Waals surface area contributed by atoms with E-state index in [0.717, 1.165) is 0 Å². The molecule has 0 aliphatic heterocycles. The van der Waals surface area contributed by atoms with Crippen molar-refractivity contribution in [2.24, 2.45) is 17.4 Å². The van der Waals surface area contributed by atoms with Gasteiger partial charge < -0.3 is 122 Å². The van der Waals surface area contributed by atoms with Gasteiger partial charge in [0.1, 0.15) is 36.3 Å². The molecule has 42 nitrogen and oxygen atoms in total. The van der Waals surface area contributed by atoms with E-state index < -0.39 is 241 Å². The molecule has 6 atom stereocenters. The summed E-state index contributed by atoms with van der Waals surface area (Å²) < 4.78 is 0. The Morgan fingerprint density at radius 2 is 0.719 bits per heavy atom. The van der Waals surface area contributed by atoms with Crippen LogP contribution in [0.25, 0.3) is 0 Å². The monoisotopic (exact) mass is 1270 g/mol. The van der Waals surface area contributed by atoms with E-state index in [-0.39, 0.29) is 18.8 Å². The van der Waals surface area contributed by atoms with Gasteiger partial charge in [-0.2, -0.15) is 0 Å². The van der Waals surface area contributed by atoms with E-state index in [9.17, 15) is 107 Å². The van der Waals surface area contributed by atoms with E-state index >= 15 is 0 Å². The number of H-pyrrole nitrogens is 1. The number of imidazole rings is 1. The minimum Gasteiger partial charge on any atom is -0.480 e. The quantitative estimate of drug-likeness (QED) is 0.0289. The zero-order valence-electron chi connectivity index (χ0n) is 48.0. The number of carboxylic acids is 1. The Hall–Kier alpha value is -10.5. The van der Waals surface area contributed by atoms with Crippen LogP contribution in [0.4, 0.5) is 0 Å². The third-order valence-electron chi connectivity index (χ3n) is 11.1. The summed E-state index contributed by atoms with van der Waals surface area (Å²) in [5, 5.41) is 72.4. The minimum absolute atomic E-state index is 0.0530. The van der Waals surface area contributed by atoms with Gasteiger partial charge in [-0.3, -0.25) is 81.5 Å². The lowest BCUT2D eigenvalue weighted by atomic mass is 10.0. The number of aliphatic hydroxyl groups is 3. The van der Waals surface area contributed by atoms with Crippen molar-refractivity contribution in [3.05, 3.63) is 18.2 Å². The van der Waals surface area contributed by atoms with Gasteiger partial charge in [-0.05, 0) is 12.3 Å². The molecule has 1 heterocycles. The van der Waals surface area contributed by atoms with Crippen molar-refractivity contribution in [3.63, 3.8) is 0 Å². The first-order valence-electron chi connectivity index (χ1n) is 26.5. The van der Waals surface area contributed by atoms with Crippen LogP contribution in [0.2, 0.25) is 0 Å². The first-order chi connectivity index (χ1) is 42.0. The van der Waals surface area contributed by atoms with Gasteiger partial charge in [0.05, 0.1) is 110 Å². The molecule has 0 saturated carbocycles. The molecular formula is C47H74N20O22. The Balaban J connectivity index is 2.47. The van der Waals surface area contributed by atoms with E-state index in [2.05, 4.69) is 95.0 Å². The summed E-state index contributed by atoms with van der Waals surface area (Å²) in [7, 11) is 0. The van der Waals surface area contributed by atoms with Crippen LogP contribution in [0.3, 0.4) is 0 Å². The highest BCUT2D eigenvalue weighted by Gasteiger charge is 2.30.